The molecule has 162 valence electrons. The summed E-state index contributed by atoms with van der Waals surface area (Å²) in [4.78, 5) is 35.4. The predicted molar refractivity (Wildman–Crippen MR) is 121 cm³/mol. The van der Waals surface area contributed by atoms with E-state index >= 15 is 0 Å². The van der Waals surface area contributed by atoms with Crippen LogP contribution in [0.3, 0.4) is 0 Å². The fourth-order valence-electron chi connectivity index (χ4n) is 3.48. The maximum Gasteiger partial charge on any atom is 0.302 e. The number of carbonyl (C=O) groups is 2. The molecule has 0 saturated carbocycles. The van der Waals surface area contributed by atoms with Gasteiger partial charge in [0.1, 0.15) is 11.5 Å². The zero-order valence-electron chi connectivity index (χ0n) is 16.8. The highest BCUT2D eigenvalue weighted by atomic mass is 35.5. The number of nitrogens with zero attached hydrogens (tertiary/aromatic N) is 3. The minimum atomic E-state index is -1.00. The molecule has 2 heterocycles. The average molecular weight is 470 g/mol. The van der Waals surface area contributed by atoms with Crippen LogP contribution < -0.4 is 9.64 Å². The number of carbonyl (C=O) groups excluding carboxylic acids is 2. The number of halogens is 2. The Kier molecular flexibility index (Phi) is 6.12. The van der Waals surface area contributed by atoms with Gasteiger partial charge in [0, 0.05) is 18.0 Å². The molecule has 0 radical (unpaired) electrons. The van der Waals surface area contributed by atoms with Gasteiger partial charge in [-0.1, -0.05) is 29.3 Å². The lowest BCUT2D eigenvalue weighted by molar-refractivity contribution is -0.132. The molecule has 1 aliphatic heterocycles. The summed E-state index contributed by atoms with van der Waals surface area (Å²) in [6, 6.07) is 11.9. The Balaban J connectivity index is 1.90. The van der Waals surface area contributed by atoms with Gasteiger partial charge in [0.25, 0.3) is 5.78 Å². The van der Waals surface area contributed by atoms with Crippen molar-refractivity contribution in [3.8, 4) is 5.75 Å². The lowest BCUT2D eigenvalue weighted by atomic mass is 9.95. The average Bonchev–Trinajstić information content (AvgIpc) is 3.07. The maximum absolute atomic E-state index is 13.1. The zero-order chi connectivity index (χ0) is 22.8. The van der Waals surface area contributed by atoms with Gasteiger partial charge in [-0.3, -0.25) is 14.5 Å². The SMILES string of the molecule is CCOc1ccc(C(O)=C2C(=O)C(=O)N(c3ncccn3)C2c2ccc(Cl)c(Cl)c2)cc1. The Morgan fingerprint density at radius 2 is 1.75 bits per heavy atom. The Hall–Kier alpha value is -3.42. The van der Waals surface area contributed by atoms with Gasteiger partial charge in [0.05, 0.1) is 28.3 Å². The molecule has 4 rings (SSSR count). The Bertz CT molecular complexity index is 1210. The van der Waals surface area contributed by atoms with E-state index in [0.717, 1.165) is 4.90 Å². The molecule has 32 heavy (non-hydrogen) atoms. The number of hydrogen-bond acceptors (Lipinski definition) is 6. The third-order valence-corrected chi connectivity index (χ3v) is 5.65. The van der Waals surface area contributed by atoms with E-state index in [4.69, 9.17) is 27.9 Å². The van der Waals surface area contributed by atoms with Gasteiger partial charge in [0.2, 0.25) is 5.95 Å². The molecule has 1 aliphatic rings. The highest BCUT2D eigenvalue weighted by molar-refractivity contribution is 6.51. The molecular formula is C23H17Cl2N3O4. The molecule has 1 fully saturated rings. The number of Topliss-reactive ketones (excluding diaryl/α,β-unsaturated/α-hetero) is 1. The number of rotatable bonds is 5. The molecule has 3 aromatic rings. The quantitative estimate of drug-likeness (QED) is 0.327. The second kappa shape index (κ2) is 8.98. The number of aromatic nitrogens is 2. The Morgan fingerprint density at radius 1 is 1.06 bits per heavy atom. The fraction of sp³-hybridized carbons (Fsp3) is 0.130. The van der Waals surface area contributed by atoms with E-state index in [-0.39, 0.29) is 22.3 Å². The number of aliphatic hydroxyl groups is 1. The highest BCUT2D eigenvalue weighted by Gasteiger charge is 2.48. The molecule has 0 spiro atoms. The first-order chi connectivity index (χ1) is 15.4. The summed E-state index contributed by atoms with van der Waals surface area (Å²) in [6.07, 6.45) is 2.92. The van der Waals surface area contributed by atoms with Gasteiger partial charge < -0.3 is 9.84 Å². The highest BCUT2D eigenvalue weighted by Crippen LogP contribution is 2.42. The summed E-state index contributed by atoms with van der Waals surface area (Å²) in [5.41, 5.74) is 0.717. The summed E-state index contributed by atoms with van der Waals surface area (Å²) < 4.78 is 5.42. The van der Waals surface area contributed by atoms with E-state index in [0.29, 0.717) is 28.5 Å². The van der Waals surface area contributed by atoms with Gasteiger partial charge >= 0.3 is 5.91 Å². The summed E-state index contributed by atoms with van der Waals surface area (Å²) >= 11 is 12.3. The Morgan fingerprint density at radius 3 is 2.38 bits per heavy atom. The van der Waals surface area contributed by atoms with Crippen LogP contribution in [0, 0.1) is 0 Å². The number of ether oxygens (including phenoxy) is 1. The minimum Gasteiger partial charge on any atom is -0.507 e. The van der Waals surface area contributed by atoms with Crippen LogP contribution in [0.15, 0.2) is 66.5 Å². The van der Waals surface area contributed by atoms with Gasteiger partial charge in [-0.15, -0.1) is 0 Å². The van der Waals surface area contributed by atoms with Gasteiger partial charge in [-0.05, 0) is 55.0 Å². The Labute approximate surface area is 193 Å². The number of amides is 1. The van der Waals surface area contributed by atoms with Crippen molar-refractivity contribution in [3.05, 3.63) is 87.7 Å². The normalized spacial score (nSPS) is 17.6. The smallest absolute Gasteiger partial charge is 0.302 e. The number of ketones is 1. The lowest BCUT2D eigenvalue weighted by Gasteiger charge is -2.23. The second-order valence-electron chi connectivity index (χ2n) is 6.85. The molecule has 0 bridgehead atoms. The van der Waals surface area contributed by atoms with E-state index < -0.39 is 17.7 Å². The minimum absolute atomic E-state index is 0.0245. The lowest BCUT2D eigenvalue weighted by Crippen LogP contribution is -2.31. The van der Waals surface area contributed by atoms with Crippen LogP contribution in [0.5, 0.6) is 5.75 Å². The largest absolute Gasteiger partial charge is 0.507 e. The van der Waals surface area contributed by atoms with Gasteiger partial charge in [0.15, 0.2) is 0 Å². The van der Waals surface area contributed by atoms with Crippen molar-refractivity contribution < 1.29 is 19.4 Å². The van der Waals surface area contributed by atoms with Crippen LogP contribution in [0.2, 0.25) is 10.0 Å². The number of hydrogen-bond donors (Lipinski definition) is 1. The van der Waals surface area contributed by atoms with Crippen molar-refractivity contribution in [3.63, 3.8) is 0 Å². The number of benzene rings is 2. The molecule has 2 aromatic carbocycles. The van der Waals surface area contributed by atoms with Crippen LogP contribution in [0.25, 0.3) is 5.76 Å². The van der Waals surface area contributed by atoms with Crippen LogP contribution >= 0.6 is 23.2 Å². The summed E-state index contributed by atoms with van der Waals surface area (Å²) in [7, 11) is 0. The molecule has 1 atom stereocenters. The van der Waals surface area contributed by atoms with Crippen molar-refractivity contribution in [1.29, 1.82) is 0 Å². The molecule has 7 nitrogen and oxygen atoms in total. The second-order valence-corrected chi connectivity index (χ2v) is 7.66. The van der Waals surface area contributed by atoms with Crippen LogP contribution in [-0.2, 0) is 9.59 Å². The summed E-state index contributed by atoms with van der Waals surface area (Å²) in [5.74, 6) is -1.42. The zero-order valence-corrected chi connectivity index (χ0v) is 18.3. The first-order valence-corrected chi connectivity index (χ1v) is 10.4. The topological polar surface area (TPSA) is 92.6 Å². The standard InChI is InChI=1S/C23H17Cl2N3O4/c1-2-32-15-7-4-13(5-8-15)20(29)18-19(14-6-9-16(24)17(25)12-14)28(22(31)21(18)30)23-26-10-3-11-27-23/h3-12,19,29H,2H2,1H3. The van der Waals surface area contributed by atoms with E-state index in [1.165, 1.54) is 12.4 Å². The van der Waals surface area contributed by atoms with Crippen molar-refractivity contribution in [2.75, 3.05) is 11.5 Å². The molecule has 9 heteroatoms. The van der Waals surface area contributed by atoms with E-state index in [1.807, 2.05) is 6.92 Å². The molecule has 1 N–H and O–H groups in total. The molecule has 1 saturated heterocycles. The van der Waals surface area contributed by atoms with E-state index in [9.17, 15) is 14.7 Å². The summed E-state index contributed by atoms with van der Waals surface area (Å²) in [6.45, 7) is 2.35. The van der Waals surface area contributed by atoms with Crippen molar-refractivity contribution in [1.82, 2.24) is 9.97 Å². The molecular weight excluding hydrogens is 453 g/mol. The molecule has 1 unspecified atom stereocenters. The number of aliphatic hydroxyl groups excluding tert-OH is 1. The van der Waals surface area contributed by atoms with Crippen molar-refractivity contribution >= 4 is 46.6 Å². The molecule has 1 amide bonds. The first kappa shape index (κ1) is 21.8. The number of anilines is 1. The monoisotopic (exact) mass is 469 g/mol. The van der Waals surface area contributed by atoms with Gasteiger partial charge in [-0.25, -0.2) is 9.97 Å². The van der Waals surface area contributed by atoms with E-state index in [1.54, 1.807) is 48.5 Å². The summed E-state index contributed by atoms with van der Waals surface area (Å²) in [5, 5.41) is 11.6. The maximum atomic E-state index is 13.1. The van der Waals surface area contributed by atoms with Crippen molar-refractivity contribution in [2.24, 2.45) is 0 Å². The molecule has 1 aromatic heterocycles. The van der Waals surface area contributed by atoms with Crippen molar-refractivity contribution in [2.45, 2.75) is 13.0 Å². The molecule has 0 aliphatic carbocycles. The van der Waals surface area contributed by atoms with E-state index in [2.05, 4.69) is 9.97 Å². The van der Waals surface area contributed by atoms with Crippen LogP contribution in [0.1, 0.15) is 24.1 Å². The van der Waals surface area contributed by atoms with Crippen LogP contribution in [0.4, 0.5) is 5.95 Å². The van der Waals surface area contributed by atoms with Gasteiger partial charge in [-0.2, -0.15) is 0 Å². The third-order valence-electron chi connectivity index (χ3n) is 4.91. The third kappa shape index (κ3) is 3.92. The predicted octanol–water partition coefficient (Wildman–Crippen LogP) is 4.81. The van der Waals surface area contributed by atoms with Crippen LogP contribution in [-0.4, -0.2) is 33.4 Å². The first-order valence-electron chi connectivity index (χ1n) is 9.68. The fourth-order valence-corrected chi connectivity index (χ4v) is 3.79.